The minimum Gasteiger partial charge on any atom is -0.508 e. The molecular weight excluding hydrogens is 579 g/mol. The van der Waals surface area contributed by atoms with Crippen LogP contribution < -0.4 is 9.64 Å². The molecule has 45 heavy (non-hydrogen) atoms. The topological polar surface area (TPSA) is 74.6 Å². The van der Waals surface area contributed by atoms with E-state index in [4.69, 9.17) is 9.72 Å². The monoisotopic (exact) mass is 617 g/mol. The van der Waals surface area contributed by atoms with Gasteiger partial charge >= 0.3 is 6.01 Å². The SMILES string of the molecule is CCc1c(F)ccc2cc(O)cc(-c3ncc4c(N5CCCC6(CCC6)C5)nc(OC[C@@]56CCCN5C[C@H](F)C6)nc4c3F)c12. The van der Waals surface area contributed by atoms with Gasteiger partial charge in [0.15, 0.2) is 5.82 Å². The van der Waals surface area contributed by atoms with Crippen LogP contribution in [0.2, 0.25) is 0 Å². The zero-order valence-corrected chi connectivity index (χ0v) is 25.6. The van der Waals surface area contributed by atoms with Gasteiger partial charge in [-0.25, -0.2) is 13.2 Å². The van der Waals surface area contributed by atoms with Crippen LogP contribution in [0.5, 0.6) is 11.8 Å². The predicted octanol–water partition coefficient (Wildman–Crippen LogP) is 7.12. The quantitative estimate of drug-likeness (QED) is 0.247. The van der Waals surface area contributed by atoms with E-state index in [1.54, 1.807) is 18.3 Å². The molecule has 0 radical (unpaired) electrons. The predicted molar refractivity (Wildman–Crippen MR) is 168 cm³/mol. The Labute approximate surface area is 260 Å². The van der Waals surface area contributed by atoms with E-state index in [0.29, 0.717) is 52.5 Å². The highest BCUT2D eigenvalue weighted by atomic mass is 19.1. The van der Waals surface area contributed by atoms with Crippen molar-refractivity contribution in [2.75, 3.05) is 37.7 Å². The number of hydrogen-bond acceptors (Lipinski definition) is 7. The van der Waals surface area contributed by atoms with Gasteiger partial charge in [0.25, 0.3) is 0 Å². The van der Waals surface area contributed by atoms with Crippen LogP contribution in [0.25, 0.3) is 32.9 Å². The van der Waals surface area contributed by atoms with E-state index in [1.165, 1.54) is 37.8 Å². The molecule has 3 aliphatic heterocycles. The van der Waals surface area contributed by atoms with Gasteiger partial charge in [0, 0.05) is 37.8 Å². The van der Waals surface area contributed by atoms with E-state index < -0.39 is 23.3 Å². The van der Waals surface area contributed by atoms with Crippen molar-refractivity contribution in [3.05, 3.63) is 47.7 Å². The lowest BCUT2D eigenvalue weighted by molar-refractivity contribution is 0.105. The lowest BCUT2D eigenvalue weighted by atomic mass is 9.64. The second-order valence-corrected chi connectivity index (χ2v) is 13.7. The second kappa shape index (κ2) is 10.7. The fourth-order valence-electron chi connectivity index (χ4n) is 8.67. The number of aromatic nitrogens is 3. The third-order valence-corrected chi connectivity index (χ3v) is 11.0. The zero-order chi connectivity index (χ0) is 30.9. The molecule has 1 aliphatic carbocycles. The fraction of sp³-hybridized carbons (Fsp3) is 0.514. The summed E-state index contributed by atoms with van der Waals surface area (Å²) in [6.07, 6.45) is 9.09. The van der Waals surface area contributed by atoms with Crippen molar-refractivity contribution in [1.82, 2.24) is 19.9 Å². The van der Waals surface area contributed by atoms with E-state index in [-0.39, 0.29) is 35.0 Å². The summed E-state index contributed by atoms with van der Waals surface area (Å²) in [7, 11) is 0. The van der Waals surface area contributed by atoms with Crippen molar-refractivity contribution in [2.45, 2.75) is 76.4 Å². The Morgan fingerprint density at radius 3 is 2.67 bits per heavy atom. The number of hydrogen-bond donors (Lipinski definition) is 1. The minimum absolute atomic E-state index is 0.0231. The average Bonchev–Trinajstić information content (AvgIpc) is 3.55. The Bertz CT molecular complexity index is 1810. The van der Waals surface area contributed by atoms with Gasteiger partial charge < -0.3 is 14.7 Å². The fourth-order valence-corrected chi connectivity index (χ4v) is 8.67. The largest absolute Gasteiger partial charge is 0.508 e. The molecule has 4 aliphatic rings. The van der Waals surface area contributed by atoms with E-state index in [2.05, 4.69) is 19.8 Å². The number of anilines is 1. The number of phenolic OH excluding ortho intramolecular Hbond substituents is 1. The molecule has 1 spiro atoms. The van der Waals surface area contributed by atoms with Crippen molar-refractivity contribution in [3.63, 3.8) is 0 Å². The lowest BCUT2D eigenvalue weighted by Crippen LogP contribution is -2.47. The Morgan fingerprint density at radius 1 is 1.04 bits per heavy atom. The molecular formula is C35H38F3N5O2. The number of fused-ring (bicyclic) bond motifs is 3. The number of nitrogens with zero attached hydrogens (tertiary/aromatic N) is 5. The molecule has 10 heteroatoms. The highest BCUT2D eigenvalue weighted by Crippen LogP contribution is 2.49. The molecule has 2 aromatic heterocycles. The number of halogens is 3. The highest BCUT2D eigenvalue weighted by Gasteiger charge is 2.49. The molecule has 0 unspecified atom stereocenters. The van der Waals surface area contributed by atoms with Crippen LogP contribution in [0.3, 0.4) is 0 Å². The first kappa shape index (κ1) is 28.8. The van der Waals surface area contributed by atoms with Crippen LogP contribution >= 0.6 is 0 Å². The van der Waals surface area contributed by atoms with Crippen LogP contribution in [0, 0.1) is 17.0 Å². The van der Waals surface area contributed by atoms with Crippen LogP contribution in [0.4, 0.5) is 19.0 Å². The van der Waals surface area contributed by atoms with Crippen LogP contribution in [-0.4, -0.2) is 69.5 Å². The summed E-state index contributed by atoms with van der Waals surface area (Å²) >= 11 is 0. The molecule has 4 aromatic rings. The first-order chi connectivity index (χ1) is 21.8. The molecule has 2 aromatic carbocycles. The van der Waals surface area contributed by atoms with Crippen molar-refractivity contribution in [1.29, 1.82) is 0 Å². The van der Waals surface area contributed by atoms with Gasteiger partial charge in [0.2, 0.25) is 0 Å². The number of pyridine rings is 1. The van der Waals surface area contributed by atoms with Crippen molar-refractivity contribution in [3.8, 4) is 23.0 Å². The molecule has 3 saturated heterocycles. The number of aryl methyl sites for hydroxylation is 1. The number of ether oxygens (including phenoxy) is 1. The number of rotatable bonds is 6. The summed E-state index contributed by atoms with van der Waals surface area (Å²) in [5.74, 6) is -0.547. The van der Waals surface area contributed by atoms with Crippen LogP contribution in [0.15, 0.2) is 30.5 Å². The van der Waals surface area contributed by atoms with Gasteiger partial charge in [-0.1, -0.05) is 19.4 Å². The second-order valence-electron chi connectivity index (χ2n) is 13.7. The number of piperidine rings is 1. The number of alkyl halides is 1. The third kappa shape index (κ3) is 4.70. The maximum atomic E-state index is 16.9. The third-order valence-electron chi connectivity index (χ3n) is 11.0. The van der Waals surface area contributed by atoms with Gasteiger partial charge in [-0.05, 0) is 91.4 Å². The summed E-state index contributed by atoms with van der Waals surface area (Å²) < 4.78 is 52.6. The van der Waals surface area contributed by atoms with Crippen molar-refractivity contribution >= 4 is 27.5 Å². The van der Waals surface area contributed by atoms with Crippen LogP contribution in [0.1, 0.15) is 63.9 Å². The van der Waals surface area contributed by atoms with Gasteiger partial charge in [-0.15, -0.1) is 0 Å². The minimum atomic E-state index is -0.893. The van der Waals surface area contributed by atoms with Crippen molar-refractivity contribution in [2.24, 2.45) is 5.41 Å². The maximum absolute atomic E-state index is 16.9. The summed E-state index contributed by atoms with van der Waals surface area (Å²) in [6.45, 7) is 4.94. The Morgan fingerprint density at radius 2 is 1.87 bits per heavy atom. The normalized spacial score (nSPS) is 24.4. The lowest BCUT2D eigenvalue weighted by Gasteiger charge is -2.49. The summed E-state index contributed by atoms with van der Waals surface area (Å²) in [5.41, 5.74) is 0.628. The molecule has 0 bridgehead atoms. The number of phenols is 1. The van der Waals surface area contributed by atoms with Gasteiger partial charge in [-0.2, -0.15) is 9.97 Å². The molecule has 8 rings (SSSR count). The molecule has 4 fully saturated rings. The first-order valence-electron chi connectivity index (χ1n) is 16.4. The van der Waals surface area contributed by atoms with Gasteiger partial charge in [0.1, 0.15) is 41.4 Å². The molecule has 1 N–H and O–H groups in total. The zero-order valence-electron chi connectivity index (χ0n) is 25.6. The van der Waals surface area contributed by atoms with E-state index in [0.717, 1.165) is 38.9 Å². The van der Waals surface area contributed by atoms with Crippen LogP contribution in [-0.2, 0) is 6.42 Å². The smallest absolute Gasteiger partial charge is 0.319 e. The standard InChI is InChI=1S/C35H38F3N5O2/c1-2-24-27(37)7-6-21-14-23(44)15-25(28(21)24)30-29(38)31-26(17-39-30)32(42-12-4-10-34(19-42)8-3-9-34)41-33(40-31)45-20-35-11-5-13-43(35)18-22(36)16-35/h6-7,14-15,17,22,44H,2-5,8-13,16,18-20H2,1H3/t22-,35+/m1/s1. The van der Waals surface area contributed by atoms with E-state index in [1.807, 2.05) is 6.92 Å². The molecule has 1 saturated carbocycles. The molecule has 5 heterocycles. The number of aromatic hydroxyl groups is 1. The maximum Gasteiger partial charge on any atom is 0.319 e. The average molecular weight is 618 g/mol. The summed E-state index contributed by atoms with van der Waals surface area (Å²) in [4.78, 5) is 18.5. The van der Waals surface area contributed by atoms with Gasteiger partial charge in [-0.3, -0.25) is 9.88 Å². The van der Waals surface area contributed by atoms with Crippen molar-refractivity contribution < 1.29 is 23.0 Å². The van der Waals surface area contributed by atoms with E-state index in [9.17, 15) is 13.9 Å². The Balaban J connectivity index is 1.27. The first-order valence-corrected chi connectivity index (χ1v) is 16.4. The molecule has 7 nitrogen and oxygen atoms in total. The van der Waals surface area contributed by atoms with E-state index >= 15 is 4.39 Å². The molecule has 236 valence electrons. The highest BCUT2D eigenvalue weighted by molar-refractivity contribution is 6.01. The Hall–Kier alpha value is -3.66. The summed E-state index contributed by atoms with van der Waals surface area (Å²) in [6, 6.07) is 6.00. The van der Waals surface area contributed by atoms with Gasteiger partial charge in [0.05, 0.1) is 10.9 Å². The Kier molecular flexibility index (Phi) is 6.85. The molecule has 2 atom stereocenters. The molecule has 0 amide bonds. The summed E-state index contributed by atoms with van der Waals surface area (Å²) in [5, 5.41) is 12.2. The number of benzene rings is 2.